The van der Waals surface area contributed by atoms with Crippen LogP contribution in [0.2, 0.25) is 0 Å². The third-order valence-corrected chi connectivity index (χ3v) is 6.96. The van der Waals surface area contributed by atoms with E-state index < -0.39 is 0 Å². The van der Waals surface area contributed by atoms with Gasteiger partial charge in [-0.15, -0.1) is 24.0 Å². The number of aliphatic imine (C=N–C) groups is 1. The molecule has 3 fully saturated rings. The van der Waals surface area contributed by atoms with Gasteiger partial charge in [0.25, 0.3) is 0 Å². The van der Waals surface area contributed by atoms with Gasteiger partial charge in [0.2, 0.25) is 5.91 Å². The van der Waals surface area contributed by atoms with Crippen LogP contribution in [0, 0.1) is 11.8 Å². The zero-order chi connectivity index (χ0) is 19.2. The lowest BCUT2D eigenvalue weighted by Gasteiger charge is -2.40. The van der Waals surface area contributed by atoms with Gasteiger partial charge in [0.05, 0.1) is 6.04 Å². The lowest BCUT2D eigenvalue weighted by molar-refractivity contribution is -0.135. The third kappa shape index (κ3) is 5.97. The number of nitrogens with zero attached hydrogens (tertiary/aromatic N) is 4. The molecular weight excluding hydrogens is 465 g/mol. The van der Waals surface area contributed by atoms with Crippen molar-refractivity contribution in [1.29, 1.82) is 0 Å². The lowest BCUT2D eigenvalue weighted by Crippen LogP contribution is -2.57. The Morgan fingerprint density at radius 2 is 1.64 bits per heavy atom. The lowest BCUT2D eigenvalue weighted by atomic mass is 9.80. The van der Waals surface area contributed by atoms with Crippen molar-refractivity contribution in [3.63, 3.8) is 0 Å². The Kier molecular flexibility index (Phi) is 9.80. The number of halogens is 1. The molecule has 2 heterocycles. The molecule has 7 heteroatoms. The first kappa shape index (κ1) is 23.7. The van der Waals surface area contributed by atoms with E-state index >= 15 is 0 Å². The van der Waals surface area contributed by atoms with Gasteiger partial charge < -0.3 is 15.1 Å². The van der Waals surface area contributed by atoms with Crippen LogP contribution in [-0.2, 0) is 4.79 Å². The summed E-state index contributed by atoms with van der Waals surface area (Å²) in [6.45, 7) is 11.1. The number of rotatable bonds is 4. The molecule has 1 saturated carbocycles. The maximum atomic E-state index is 12.7. The molecule has 1 aliphatic carbocycles. The molecule has 28 heavy (non-hydrogen) atoms. The topological polar surface area (TPSA) is 51.2 Å². The molecule has 2 aliphatic heterocycles. The van der Waals surface area contributed by atoms with E-state index in [1.165, 1.54) is 25.7 Å². The Morgan fingerprint density at radius 3 is 2.25 bits per heavy atom. The van der Waals surface area contributed by atoms with Crippen LogP contribution < -0.4 is 5.32 Å². The molecule has 3 aliphatic rings. The zero-order valence-electron chi connectivity index (χ0n) is 18.0. The fourth-order valence-electron chi connectivity index (χ4n) is 4.93. The minimum absolute atomic E-state index is 0. The zero-order valence-corrected chi connectivity index (χ0v) is 20.4. The number of hydrogen-bond donors (Lipinski definition) is 1. The summed E-state index contributed by atoms with van der Waals surface area (Å²) in [6, 6.07) is 0.00307. The summed E-state index contributed by atoms with van der Waals surface area (Å²) >= 11 is 0. The smallest absolute Gasteiger partial charge is 0.239 e. The predicted octanol–water partition coefficient (Wildman–Crippen LogP) is 2.63. The first-order chi connectivity index (χ1) is 13.1. The van der Waals surface area contributed by atoms with Crippen molar-refractivity contribution in [2.24, 2.45) is 16.8 Å². The number of hydrogen-bond acceptors (Lipinski definition) is 3. The molecule has 0 bridgehead atoms. The van der Waals surface area contributed by atoms with E-state index in [2.05, 4.69) is 34.0 Å². The van der Waals surface area contributed by atoms with Gasteiger partial charge in [-0.3, -0.25) is 14.7 Å². The number of carbonyl (C=O) groups is 1. The summed E-state index contributed by atoms with van der Waals surface area (Å²) in [4.78, 5) is 23.9. The van der Waals surface area contributed by atoms with Crippen molar-refractivity contribution < 1.29 is 4.79 Å². The Hall–Kier alpha value is -0.570. The number of likely N-dealkylation sites (tertiary alicyclic amines) is 1. The molecule has 0 aromatic carbocycles. The normalized spacial score (nSPS) is 28.0. The van der Waals surface area contributed by atoms with Crippen LogP contribution in [0.25, 0.3) is 0 Å². The van der Waals surface area contributed by atoms with Crippen LogP contribution in [0.4, 0.5) is 0 Å². The van der Waals surface area contributed by atoms with Crippen molar-refractivity contribution in [3.8, 4) is 0 Å². The number of guanidine groups is 1. The second-order valence-corrected chi connectivity index (χ2v) is 8.68. The molecule has 162 valence electrons. The summed E-state index contributed by atoms with van der Waals surface area (Å²) in [5, 5.41) is 3.63. The Morgan fingerprint density at radius 1 is 1.00 bits per heavy atom. The number of amides is 1. The highest BCUT2D eigenvalue weighted by Gasteiger charge is 2.30. The maximum Gasteiger partial charge on any atom is 0.239 e. The van der Waals surface area contributed by atoms with Crippen molar-refractivity contribution >= 4 is 35.8 Å². The monoisotopic (exact) mass is 505 g/mol. The summed E-state index contributed by atoms with van der Waals surface area (Å²) in [7, 11) is 1.89. The molecule has 3 rings (SSSR count). The van der Waals surface area contributed by atoms with Gasteiger partial charge in [-0.1, -0.05) is 26.2 Å². The largest absolute Gasteiger partial charge is 0.356 e. The molecule has 0 radical (unpaired) electrons. The highest BCUT2D eigenvalue weighted by molar-refractivity contribution is 14.0. The van der Waals surface area contributed by atoms with Crippen LogP contribution in [0.3, 0.4) is 0 Å². The van der Waals surface area contributed by atoms with Crippen molar-refractivity contribution in [2.45, 2.75) is 58.4 Å². The molecule has 1 N–H and O–H groups in total. The second kappa shape index (κ2) is 11.6. The van der Waals surface area contributed by atoms with E-state index in [4.69, 9.17) is 0 Å². The highest BCUT2D eigenvalue weighted by Crippen LogP contribution is 2.28. The van der Waals surface area contributed by atoms with Gasteiger partial charge in [0.15, 0.2) is 5.96 Å². The summed E-state index contributed by atoms with van der Waals surface area (Å²) in [5.41, 5.74) is 0. The van der Waals surface area contributed by atoms with Gasteiger partial charge in [-0.2, -0.15) is 0 Å². The molecule has 1 amide bonds. The van der Waals surface area contributed by atoms with E-state index in [1.807, 2.05) is 11.9 Å². The second-order valence-electron chi connectivity index (χ2n) is 8.68. The molecule has 3 atom stereocenters. The molecular formula is C21H40IN5O. The van der Waals surface area contributed by atoms with Crippen LogP contribution in [-0.4, -0.2) is 85.5 Å². The van der Waals surface area contributed by atoms with E-state index in [0.29, 0.717) is 5.91 Å². The number of carbonyl (C=O) groups excluding carboxylic acids is 1. The predicted molar refractivity (Wildman–Crippen MR) is 126 cm³/mol. The standard InChI is InChI=1S/C21H39N5O.HI/c1-17-8-4-5-9-19(17)16-23-21(22-3)26-14-12-24(13-15-26)18(2)20(27)25-10-6-7-11-25;/h17-19H,4-16H2,1-3H3,(H,22,23);1H. The fraction of sp³-hybridized carbons (Fsp3) is 0.905. The Balaban J connectivity index is 0.00000280. The van der Waals surface area contributed by atoms with Crippen molar-refractivity contribution in [1.82, 2.24) is 20.0 Å². The maximum absolute atomic E-state index is 12.7. The number of nitrogens with one attached hydrogen (secondary N) is 1. The van der Waals surface area contributed by atoms with E-state index in [-0.39, 0.29) is 30.0 Å². The number of piperazine rings is 1. The summed E-state index contributed by atoms with van der Waals surface area (Å²) in [6.07, 6.45) is 7.79. The SMILES string of the molecule is CN=C(NCC1CCCCC1C)N1CCN(C(C)C(=O)N2CCCC2)CC1.I. The Labute approximate surface area is 188 Å². The van der Waals surface area contributed by atoms with Gasteiger partial charge in [0, 0.05) is 52.9 Å². The van der Waals surface area contributed by atoms with Crippen molar-refractivity contribution in [2.75, 3.05) is 52.9 Å². The van der Waals surface area contributed by atoms with Gasteiger partial charge >= 0.3 is 0 Å². The third-order valence-electron chi connectivity index (χ3n) is 6.96. The fourth-order valence-corrected chi connectivity index (χ4v) is 4.93. The minimum Gasteiger partial charge on any atom is -0.356 e. The van der Waals surface area contributed by atoms with Gasteiger partial charge in [0.1, 0.15) is 0 Å². The van der Waals surface area contributed by atoms with E-state index in [0.717, 1.165) is 76.5 Å². The molecule has 6 nitrogen and oxygen atoms in total. The van der Waals surface area contributed by atoms with Crippen LogP contribution in [0.1, 0.15) is 52.4 Å². The molecule has 2 saturated heterocycles. The quantitative estimate of drug-likeness (QED) is 0.363. The van der Waals surface area contributed by atoms with E-state index in [9.17, 15) is 4.79 Å². The molecule has 3 unspecified atom stereocenters. The van der Waals surface area contributed by atoms with Gasteiger partial charge in [-0.25, -0.2) is 0 Å². The van der Waals surface area contributed by atoms with E-state index in [1.54, 1.807) is 0 Å². The first-order valence-corrected chi connectivity index (χ1v) is 11.1. The summed E-state index contributed by atoms with van der Waals surface area (Å²) < 4.78 is 0. The molecule has 0 aromatic rings. The molecule has 0 spiro atoms. The first-order valence-electron chi connectivity index (χ1n) is 11.1. The van der Waals surface area contributed by atoms with Crippen molar-refractivity contribution in [3.05, 3.63) is 0 Å². The Bertz CT molecular complexity index is 515. The van der Waals surface area contributed by atoms with Crippen LogP contribution in [0.5, 0.6) is 0 Å². The highest BCUT2D eigenvalue weighted by atomic mass is 127. The molecule has 0 aromatic heterocycles. The van der Waals surface area contributed by atoms with Crippen LogP contribution >= 0.6 is 24.0 Å². The average molecular weight is 505 g/mol. The minimum atomic E-state index is 0. The van der Waals surface area contributed by atoms with Gasteiger partial charge in [-0.05, 0) is 38.0 Å². The average Bonchev–Trinajstić information content (AvgIpc) is 3.24. The van der Waals surface area contributed by atoms with Crippen LogP contribution in [0.15, 0.2) is 4.99 Å². The summed E-state index contributed by atoms with van der Waals surface area (Å²) in [5.74, 6) is 2.94.